The Morgan fingerprint density at radius 2 is 1.94 bits per heavy atom. The minimum atomic E-state index is -1.86. The topological polar surface area (TPSA) is 46.5 Å². The van der Waals surface area contributed by atoms with Crippen molar-refractivity contribution in [2.75, 3.05) is 7.11 Å². The first-order chi connectivity index (χ1) is 8.60. The van der Waals surface area contributed by atoms with Crippen LogP contribution in [-0.2, 0) is 11.2 Å². The second-order valence-corrected chi connectivity index (χ2v) is 4.06. The van der Waals surface area contributed by atoms with Gasteiger partial charge >= 0.3 is 5.97 Å². The Balaban J connectivity index is 2.30. The maximum atomic E-state index is 13.1. The second-order valence-electron chi connectivity index (χ2n) is 4.06. The van der Waals surface area contributed by atoms with Crippen LogP contribution in [0, 0.1) is 0 Å². The lowest BCUT2D eigenvalue weighted by Crippen LogP contribution is -2.17. The summed E-state index contributed by atoms with van der Waals surface area (Å²) in [6.07, 6.45) is -1.97. The van der Waals surface area contributed by atoms with Crippen molar-refractivity contribution < 1.29 is 19.0 Å². The number of benzene rings is 2. The first-order valence-electron chi connectivity index (χ1n) is 5.53. The van der Waals surface area contributed by atoms with Gasteiger partial charge in [0, 0.05) is 6.42 Å². The van der Waals surface area contributed by atoms with Crippen molar-refractivity contribution in [3.63, 3.8) is 0 Å². The van der Waals surface area contributed by atoms with Gasteiger partial charge in [-0.3, -0.25) is 0 Å². The van der Waals surface area contributed by atoms with Crippen molar-refractivity contribution in [3.05, 3.63) is 42.0 Å². The fraction of sp³-hybridized carbons (Fsp3) is 0.214. The quantitative estimate of drug-likeness (QED) is 0.905. The number of rotatable bonds is 4. The van der Waals surface area contributed by atoms with E-state index in [0.717, 1.165) is 16.5 Å². The summed E-state index contributed by atoms with van der Waals surface area (Å²) in [5.41, 5.74) is 0.669. The number of methoxy groups -OCH3 is 1. The molecule has 0 bridgehead atoms. The average Bonchev–Trinajstić information content (AvgIpc) is 2.37. The zero-order valence-corrected chi connectivity index (χ0v) is 9.89. The largest absolute Gasteiger partial charge is 0.497 e. The van der Waals surface area contributed by atoms with E-state index in [1.165, 1.54) is 0 Å². The zero-order valence-electron chi connectivity index (χ0n) is 9.89. The number of carboxylic acid groups (broad SMARTS) is 1. The molecule has 1 unspecified atom stereocenters. The molecule has 0 heterocycles. The highest BCUT2D eigenvalue weighted by atomic mass is 19.1. The number of carbonyl (C=O) groups is 1. The fourth-order valence-electron chi connectivity index (χ4n) is 1.82. The molecule has 94 valence electrons. The predicted molar refractivity (Wildman–Crippen MR) is 66.7 cm³/mol. The molecule has 1 N–H and O–H groups in total. The van der Waals surface area contributed by atoms with Crippen molar-refractivity contribution in [1.29, 1.82) is 0 Å². The van der Waals surface area contributed by atoms with Crippen LogP contribution < -0.4 is 4.74 Å². The maximum Gasteiger partial charge on any atom is 0.338 e. The number of hydrogen-bond donors (Lipinski definition) is 1. The van der Waals surface area contributed by atoms with Crippen molar-refractivity contribution in [1.82, 2.24) is 0 Å². The molecule has 0 aromatic heterocycles. The van der Waals surface area contributed by atoms with E-state index in [1.807, 2.05) is 24.3 Å². The molecule has 0 radical (unpaired) electrons. The van der Waals surface area contributed by atoms with Gasteiger partial charge in [-0.05, 0) is 28.5 Å². The summed E-state index contributed by atoms with van der Waals surface area (Å²) in [5, 5.41) is 10.4. The molecule has 0 fully saturated rings. The third kappa shape index (κ3) is 2.59. The molecule has 0 saturated carbocycles. The van der Waals surface area contributed by atoms with Gasteiger partial charge in [-0.25, -0.2) is 9.18 Å². The number of aliphatic carboxylic acids is 1. The first kappa shape index (κ1) is 12.4. The fourth-order valence-corrected chi connectivity index (χ4v) is 1.82. The summed E-state index contributed by atoms with van der Waals surface area (Å²) < 4.78 is 18.2. The van der Waals surface area contributed by atoms with Crippen LogP contribution in [-0.4, -0.2) is 24.4 Å². The number of fused-ring (bicyclic) bond motifs is 1. The highest BCUT2D eigenvalue weighted by Crippen LogP contribution is 2.22. The van der Waals surface area contributed by atoms with E-state index in [0.29, 0.717) is 5.56 Å². The van der Waals surface area contributed by atoms with Crippen molar-refractivity contribution in [2.45, 2.75) is 12.6 Å². The van der Waals surface area contributed by atoms with Gasteiger partial charge in [0.05, 0.1) is 7.11 Å². The van der Waals surface area contributed by atoms with E-state index >= 15 is 0 Å². The van der Waals surface area contributed by atoms with Gasteiger partial charge in [-0.15, -0.1) is 0 Å². The van der Waals surface area contributed by atoms with Crippen molar-refractivity contribution >= 4 is 16.7 Å². The highest BCUT2D eigenvalue weighted by Gasteiger charge is 2.16. The van der Waals surface area contributed by atoms with Crippen LogP contribution in [0.5, 0.6) is 5.75 Å². The molecule has 3 nitrogen and oxygen atoms in total. The predicted octanol–water partition coefficient (Wildman–Crippen LogP) is 2.81. The van der Waals surface area contributed by atoms with Crippen molar-refractivity contribution in [2.24, 2.45) is 0 Å². The lowest BCUT2D eigenvalue weighted by atomic mass is 10.0. The lowest BCUT2D eigenvalue weighted by molar-refractivity contribution is -0.142. The zero-order chi connectivity index (χ0) is 13.1. The minimum Gasteiger partial charge on any atom is -0.497 e. The Morgan fingerprint density at radius 3 is 2.61 bits per heavy atom. The smallest absolute Gasteiger partial charge is 0.338 e. The summed E-state index contributed by atoms with van der Waals surface area (Å²) in [5.74, 6) is -0.672. The molecule has 2 aromatic rings. The van der Waals surface area contributed by atoms with Crippen LogP contribution in [0.25, 0.3) is 10.8 Å². The summed E-state index contributed by atoms with van der Waals surface area (Å²) in [6, 6.07) is 10.9. The van der Waals surface area contributed by atoms with E-state index in [-0.39, 0.29) is 6.42 Å². The maximum absolute atomic E-state index is 13.1. The van der Waals surface area contributed by atoms with Gasteiger partial charge in [0.15, 0.2) is 0 Å². The molecule has 2 aromatic carbocycles. The molecule has 0 aliphatic heterocycles. The third-order valence-corrected chi connectivity index (χ3v) is 2.79. The van der Waals surface area contributed by atoms with Crippen LogP contribution in [0.4, 0.5) is 4.39 Å². The van der Waals surface area contributed by atoms with Crippen LogP contribution in [0.15, 0.2) is 36.4 Å². The second kappa shape index (κ2) is 5.04. The Bertz CT molecular complexity index is 580. The van der Waals surface area contributed by atoms with Crippen molar-refractivity contribution in [3.8, 4) is 5.75 Å². The number of halogens is 1. The van der Waals surface area contributed by atoms with Crippen LogP contribution in [0.1, 0.15) is 5.56 Å². The van der Waals surface area contributed by atoms with Gasteiger partial charge < -0.3 is 9.84 Å². The van der Waals surface area contributed by atoms with Crippen LogP contribution >= 0.6 is 0 Å². The SMILES string of the molecule is COc1ccc2cc(CC(F)C(=O)O)ccc2c1. The van der Waals surface area contributed by atoms with E-state index in [9.17, 15) is 9.18 Å². The van der Waals surface area contributed by atoms with E-state index in [1.54, 1.807) is 19.2 Å². The molecule has 18 heavy (non-hydrogen) atoms. The van der Waals surface area contributed by atoms with E-state index in [2.05, 4.69) is 0 Å². The number of carboxylic acids is 1. The summed E-state index contributed by atoms with van der Waals surface area (Å²) in [7, 11) is 1.59. The Labute approximate surface area is 104 Å². The lowest BCUT2D eigenvalue weighted by Gasteiger charge is -2.06. The van der Waals surface area contributed by atoms with Gasteiger partial charge in [0.25, 0.3) is 0 Å². The molecule has 4 heteroatoms. The third-order valence-electron chi connectivity index (χ3n) is 2.79. The van der Waals surface area contributed by atoms with E-state index < -0.39 is 12.1 Å². The summed E-state index contributed by atoms with van der Waals surface area (Å²) in [6.45, 7) is 0. The monoisotopic (exact) mass is 248 g/mol. The molecule has 0 amide bonds. The molecular formula is C14H13FO3. The number of alkyl halides is 1. The Kier molecular flexibility index (Phi) is 3.46. The van der Waals surface area contributed by atoms with Gasteiger partial charge in [0.2, 0.25) is 6.17 Å². The molecule has 0 spiro atoms. The van der Waals surface area contributed by atoms with Crippen LogP contribution in [0.2, 0.25) is 0 Å². The molecule has 1 atom stereocenters. The van der Waals surface area contributed by atoms with Gasteiger partial charge in [-0.2, -0.15) is 0 Å². The molecule has 2 rings (SSSR count). The number of hydrogen-bond acceptors (Lipinski definition) is 2. The average molecular weight is 248 g/mol. The Hall–Kier alpha value is -2.10. The first-order valence-corrected chi connectivity index (χ1v) is 5.53. The minimum absolute atomic E-state index is 0.114. The molecular weight excluding hydrogens is 235 g/mol. The Morgan fingerprint density at radius 1 is 1.28 bits per heavy atom. The number of ether oxygens (including phenoxy) is 1. The van der Waals surface area contributed by atoms with Gasteiger partial charge in [0.1, 0.15) is 5.75 Å². The molecule has 0 aliphatic carbocycles. The van der Waals surface area contributed by atoms with E-state index in [4.69, 9.17) is 9.84 Å². The standard InChI is InChI=1S/C14H13FO3/c1-18-12-5-4-10-6-9(2-3-11(10)8-12)7-13(15)14(16)17/h2-6,8,13H,7H2,1H3,(H,16,17). The molecule has 0 saturated heterocycles. The normalized spacial score (nSPS) is 12.3. The van der Waals surface area contributed by atoms with Crippen LogP contribution in [0.3, 0.4) is 0 Å². The molecule has 0 aliphatic rings. The highest BCUT2D eigenvalue weighted by molar-refractivity contribution is 5.84. The van der Waals surface area contributed by atoms with Gasteiger partial charge in [-0.1, -0.05) is 24.3 Å². The summed E-state index contributed by atoms with van der Waals surface area (Å²) in [4.78, 5) is 10.5. The summed E-state index contributed by atoms with van der Waals surface area (Å²) >= 11 is 0.